The minimum Gasteiger partial charge on any atom is -0.477 e. The first-order valence-electron chi connectivity index (χ1n) is 8.29. The molecular formula is C19H26N2O. The van der Waals surface area contributed by atoms with Gasteiger partial charge in [0.2, 0.25) is 5.88 Å². The highest BCUT2D eigenvalue weighted by Gasteiger charge is 2.22. The van der Waals surface area contributed by atoms with Gasteiger partial charge in [-0.15, -0.1) is 0 Å². The van der Waals surface area contributed by atoms with Crippen LogP contribution < -0.4 is 4.74 Å². The molecule has 0 N–H and O–H groups in total. The maximum absolute atomic E-state index is 5.83. The quantitative estimate of drug-likeness (QED) is 0.772. The van der Waals surface area contributed by atoms with Crippen molar-refractivity contribution in [2.24, 2.45) is 5.92 Å². The average molecular weight is 298 g/mol. The molecule has 1 fully saturated rings. The summed E-state index contributed by atoms with van der Waals surface area (Å²) in [6.07, 6.45) is 2.57. The highest BCUT2D eigenvalue weighted by molar-refractivity contribution is 5.59. The number of benzene rings is 1. The lowest BCUT2D eigenvalue weighted by Gasteiger charge is -2.11. The first-order chi connectivity index (χ1) is 10.7. The Kier molecular flexibility index (Phi) is 5.93. The zero-order chi connectivity index (χ0) is 15.9. The molecular weight excluding hydrogens is 272 g/mol. The first-order valence-corrected chi connectivity index (χ1v) is 8.29. The van der Waals surface area contributed by atoms with Crippen molar-refractivity contribution < 1.29 is 4.74 Å². The molecule has 1 aliphatic rings. The van der Waals surface area contributed by atoms with Crippen LogP contribution in [0.1, 0.15) is 52.3 Å². The van der Waals surface area contributed by atoms with Crippen molar-refractivity contribution in [2.45, 2.75) is 46.5 Å². The van der Waals surface area contributed by atoms with Gasteiger partial charge < -0.3 is 4.74 Å². The molecule has 1 heterocycles. The highest BCUT2D eigenvalue weighted by atomic mass is 16.5. The molecule has 1 aromatic heterocycles. The summed E-state index contributed by atoms with van der Waals surface area (Å²) in [4.78, 5) is 9.18. The molecule has 3 nitrogen and oxygen atoms in total. The largest absolute Gasteiger partial charge is 0.477 e. The molecule has 2 aromatic rings. The van der Waals surface area contributed by atoms with E-state index in [-0.39, 0.29) is 0 Å². The molecule has 0 atom stereocenters. The lowest BCUT2D eigenvalue weighted by Crippen LogP contribution is -2.05. The highest BCUT2D eigenvalue weighted by Crippen LogP contribution is 2.30. The van der Waals surface area contributed by atoms with E-state index in [1.807, 2.05) is 38.1 Å². The molecule has 0 unspecified atom stereocenters. The Morgan fingerprint density at radius 2 is 1.77 bits per heavy atom. The summed E-state index contributed by atoms with van der Waals surface area (Å²) in [6, 6.07) is 12.1. The second kappa shape index (κ2) is 7.92. The summed E-state index contributed by atoms with van der Waals surface area (Å²) in [5.74, 6) is 2.57. The fraction of sp³-hybridized carbons (Fsp3) is 0.474. The Labute approximate surface area is 133 Å². The molecule has 3 rings (SSSR count). The summed E-state index contributed by atoms with van der Waals surface area (Å²) in [5, 5.41) is 0. The van der Waals surface area contributed by atoms with E-state index in [9.17, 15) is 0 Å². The van der Waals surface area contributed by atoms with Gasteiger partial charge in [0.25, 0.3) is 0 Å². The Morgan fingerprint density at radius 1 is 1.09 bits per heavy atom. The van der Waals surface area contributed by atoms with E-state index in [1.54, 1.807) is 0 Å². The molecule has 0 aliphatic heterocycles. The van der Waals surface area contributed by atoms with Gasteiger partial charge in [-0.1, -0.05) is 58.0 Å². The summed E-state index contributed by atoms with van der Waals surface area (Å²) >= 11 is 0. The van der Waals surface area contributed by atoms with Gasteiger partial charge >= 0.3 is 0 Å². The molecule has 0 radical (unpaired) electrons. The van der Waals surface area contributed by atoms with Gasteiger partial charge in [-0.3, -0.25) is 0 Å². The molecule has 22 heavy (non-hydrogen) atoms. The SMILES string of the molecule is CC.CC(C)c1nc(OCC2CC2)cc(-c2ccccc2)n1. The van der Waals surface area contributed by atoms with Gasteiger partial charge in [0.05, 0.1) is 12.3 Å². The number of hydrogen-bond acceptors (Lipinski definition) is 3. The van der Waals surface area contributed by atoms with Gasteiger partial charge in [0.15, 0.2) is 0 Å². The van der Waals surface area contributed by atoms with E-state index >= 15 is 0 Å². The minimum atomic E-state index is 0.293. The van der Waals surface area contributed by atoms with Crippen LogP contribution in [0.15, 0.2) is 36.4 Å². The van der Waals surface area contributed by atoms with Crippen LogP contribution in [-0.4, -0.2) is 16.6 Å². The maximum Gasteiger partial charge on any atom is 0.217 e. The molecule has 0 spiro atoms. The van der Waals surface area contributed by atoms with E-state index in [1.165, 1.54) is 12.8 Å². The third-order valence-corrected chi connectivity index (χ3v) is 3.47. The third-order valence-electron chi connectivity index (χ3n) is 3.47. The Morgan fingerprint density at radius 3 is 2.36 bits per heavy atom. The molecule has 0 amide bonds. The zero-order valence-electron chi connectivity index (χ0n) is 14.0. The molecule has 1 saturated carbocycles. The maximum atomic E-state index is 5.83. The van der Waals surface area contributed by atoms with Crippen LogP contribution in [0.25, 0.3) is 11.3 Å². The molecule has 0 saturated heterocycles. The molecule has 0 bridgehead atoms. The number of rotatable bonds is 5. The fourth-order valence-corrected chi connectivity index (χ4v) is 2.02. The molecule has 3 heteroatoms. The van der Waals surface area contributed by atoms with Gasteiger partial charge in [-0.25, -0.2) is 4.98 Å². The lowest BCUT2D eigenvalue weighted by molar-refractivity contribution is 0.286. The van der Waals surface area contributed by atoms with Crippen LogP contribution in [0.2, 0.25) is 0 Å². The van der Waals surface area contributed by atoms with Crippen molar-refractivity contribution in [2.75, 3.05) is 6.61 Å². The predicted molar refractivity (Wildman–Crippen MR) is 91.1 cm³/mol. The lowest BCUT2D eigenvalue weighted by atomic mass is 10.1. The molecule has 1 aliphatic carbocycles. The van der Waals surface area contributed by atoms with Crippen molar-refractivity contribution in [1.82, 2.24) is 9.97 Å². The zero-order valence-corrected chi connectivity index (χ0v) is 14.0. The molecule has 1 aromatic carbocycles. The Bertz CT molecular complexity index is 577. The van der Waals surface area contributed by atoms with E-state index < -0.39 is 0 Å². The average Bonchev–Trinajstić information content (AvgIpc) is 3.40. The van der Waals surface area contributed by atoms with E-state index in [0.29, 0.717) is 11.8 Å². The smallest absolute Gasteiger partial charge is 0.217 e. The van der Waals surface area contributed by atoms with E-state index in [4.69, 9.17) is 4.74 Å². The van der Waals surface area contributed by atoms with Crippen molar-refractivity contribution in [3.8, 4) is 17.1 Å². The van der Waals surface area contributed by atoms with Gasteiger partial charge in [0.1, 0.15) is 5.82 Å². The van der Waals surface area contributed by atoms with Crippen molar-refractivity contribution in [1.29, 1.82) is 0 Å². The monoisotopic (exact) mass is 298 g/mol. The standard InChI is InChI=1S/C17H20N2O.C2H6/c1-12(2)17-18-15(14-6-4-3-5-7-14)10-16(19-17)20-11-13-8-9-13;1-2/h3-7,10,12-13H,8-9,11H2,1-2H3;1-2H3. The summed E-state index contributed by atoms with van der Waals surface area (Å²) in [6.45, 7) is 8.99. The Balaban J connectivity index is 0.000000847. The van der Waals surface area contributed by atoms with Gasteiger partial charge in [-0.05, 0) is 18.8 Å². The second-order valence-electron chi connectivity index (χ2n) is 5.72. The number of aromatic nitrogens is 2. The first kappa shape index (κ1) is 16.5. The van der Waals surface area contributed by atoms with E-state index in [2.05, 4.69) is 35.9 Å². The van der Waals surface area contributed by atoms with Crippen LogP contribution >= 0.6 is 0 Å². The topological polar surface area (TPSA) is 35.0 Å². The van der Waals surface area contributed by atoms with Crippen molar-refractivity contribution in [3.63, 3.8) is 0 Å². The number of nitrogens with zero attached hydrogens (tertiary/aromatic N) is 2. The van der Waals surface area contributed by atoms with Crippen molar-refractivity contribution >= 4 is 0 Å². The summed E-state index contributed by atoms with van der Waals surface area (Å²) in [7, 11) is 0. The van der Waals surface area contributed by atoms with Crippen LogP contribution in [0.3, 0.4) is 0 Å². The summed E-state index contributed by atoms with van der Waals surface area (Å²) < 4.78 is 5.83. The van der Waals surface area contributed by atoms with Gasteiger partial charge in [-0.2, -0.15) is 4.98 Å². The summed E-state index contributed by atoms with van der Waals surface area (Å²) in [5.41, 5.74) is 2.04. The Hall–Kier alpha value is -1.90. The predicted octanol–water partition coefficient (Wildman–Crippen LogP) is 5.08. The number of ether oxygens (including phenoxy) is 1. The van der Waals surface area contributed by atoms with Crippen LogP contribution in [0.4, 0.5) is 0 Å². The fourth-order valence-electron chi connectivity index (χ4n) is 2.02. The number of hydrogen-bond donors (Lipinski definition) is 0. The third kappa shape index (κ3) is 4.55. The molecule has 118 valence electrons. The van der Waals surface area contributed by atoms with E-state index in [0.717, 1.165) is 29.6 Å². The normalized spacial score (nSPS) is 13.5. The van der Waals surface area contributed by atoms with Crippen LogP contribution in [0, 0.1) is 5.92 Å². The van der Waals surface area contributed by atoms with Crippen molar-refractivity contribution in [3.05, 3.63) is 42.2 Å². The minimum absolute atomic E-state index is 0.293. The van der Waals surface area contributed by atoms with Crippen LogP contribution in [0.5, 0.6) is 5.88 Å². The van der Waals surface area contributed by atoms with Crippen LogP contribution in [-0.2, 0) is 0 Å². The second-order valence-corrected chi connectivity index (χ2v) is 5.72. The van der Waals surface area contributed by atoms with Gasteiger partial charge in [0, 0.05) is 17.5 Å².